The van der Waals surface area contributed by atoms with Crippen LogP contribution in [0.1, 0.15) is 5.56 Å². The molecule has 0 atom stereocenters. The van der Waals surface area contributed by atoms with E-state index < -0.39 is 0 Å². The Morgan fingerprint density at radius 1 is 0.345 bits per heavy atom. The van der Waals surface area contributed by atoms with Gasteiger partial charge in [0.2, 0.25) is 0 Å². The Kier molecular flexibility index (Phi) is 7.76. The summed E-state index contributed by atoms with van der Waals surface area (Å²) in [6.45, 7) is 0. The van der Waals surface area contributed by atoms with Crippen LogP contribution in [0.25, 0.3) is 100 Å². The zero-order valence-electron chi connectivity index (χ0n) is 31.2. The van der Waals surface area contributed by atoms with Crippen molar-refractivity contribution in [1.82, 2.24) is 24.1 Å². The van der Waals surface area contributed by atoms with Crippen molar-refractivity contribution >= 4 is 43.6 Å². The van der Waals surface area contributed by atoms with Crippen LogP contribution in [-0.2, 0) is 0 Å². The fourth-order valence-corrected chi connectivity index (χ4v) is 8.39. The molecule has 0 fully saturated rings. The Morgan fingerprint density at radius 3 is 1.29 bits per heavy atom. The van der Waals surface area contributed by atoms with Gasteiger partial charge in [-0.05, 0) is 53.6 Å². The summed E-state index contributed by atoms with van der Waals surface area (Å²) in [5.41, 5.74) is 10.9. The molecule has 0 saturated heterocycles. The molecule has 0 N–H and O–H groups in total. The lowest BCUT2D eigenvalue weighted by Crippen LogP contribution is -2.07. The zero-order valence-corrected chi connectivity index (χ0v) is 31.2. The molecular formula is C52H32N6. The van der Waals surface area contributed by atoms with E-state index in [2.05, 4.69) is 143 Å². The molecule has 3 aromatic heterocycles. The Bertz CT molecular complexity index is 3300. The molecule has 11 rings (SSSR count). The van der Waals surface area contributed by atoms with Crippen molar-refractivity contribution in [3.63, 3.8) is 0 Å². The summed E-state index contributed by atoms with van der Waals surface area (Å²) in [7, 11) is 0. The molecule has 11 aromatic rings. The first-order valence-corrected chi connectivity index (χ1v) is 19.3. The number of hydrogen-bond acceptors (Lipinski definition) is 4. The first-order valence-electron chi connectivity index (χ1n) is 19.3. The van der Waals surface area contributed by atoms with Crippen molar-refractivity contribution in [2.24, 2.45) is 0 Å². The topological polar surface area (TPSA) is 72.3 Å². The lowest BCUT2D eigenvalue weighted by atomic mass is 10.0. The molecule has 6 nitrogen and oxygen atoms in total. The Labute approximate surface area is 334 Å². The summed E-state index contributed by atoms with van der Waals surface area (Å²) < 4.78 is 4.51. The van der Waals surface area contributed by atoms with Crippen LogP contribution in [0.2, 0.25) is 0 Å². The van der Waals surface area contributed by atoms with Gasteiger partial charge in [0.25, 0.3) is 0 Å². The Hall–Kier alpha value is -8.14. The third-order valence-corrected chi connectivity index (χ3v) is 11.0. The maximum absolute atomic E-state index is 11.1. The van der Waals surface area contributed by atoms with E-state index in [1.54, 1.807) is 0 Å². The van der Waals surface area contributed by atoms with Crippen LogP contribution in [0.3, 0.4) is 0 Å². The quantitative estimate of drug-likeness (QED) is 0.170. The van der Waals surface area contributed by atoms with Gasteiger partial charge in [-0.3, -0.25) is 0 Å². The fourth-order valence-electron chi connectivity index (χ4n) is 8.39. The third-order valence-electron chi connectivity index (χ3n) is 11.0. The van der Waals surface area contributed by atoms with Gasteiger partial charge in [-0.1, -0.05) is 152 Å². The zero-order chi connectivity index (χ0) is 38.6. The van der Waals surface area contributed by atoms with E-state index in [0.29, 0.717) is 28.6 Å². The summed E-state index contributed by atoms with van der Waals surface area (Å²) in [6, 6.07) is 69.1. The molecule has 0 saturated carbocycles. The first-order chi connectivity index (χ1) is 28.7. The SMILES string of the molecule is N#Cc1cc(-c2nc(-c3ccccc3)nc(-c3cccc(-c4ccccc4)c3)n2)c(-n2c3ccccc3c3ccccc32)cc1-n1c2ccccc2c2ccccc21. The van der Waals surface area contributed by atoms with Crippen molar-refractivity contribution in [2.75, 3.05) is 0 Å². The van der Waals surface area contributed by atoms with Gasteiger partial charge in [0.15, 0.2) is 17.5 Å². The minimum atomic E-state index is 0.469. The molecular weight excluding hydrogens is 709 g/mol. The highest BCUT2D eigenvalue weighted by Gasteiger charge is 2.24. The number of benzene rings is 8. The first kappa shape index (κ1) is 33.2. The van der Waals surface area contributed by atoms with E-state index in [0.717, 1.165) is 77.2 Å². The number of aromatic nitrogens is 5. The molecule has 0 unspecified atom stereocenters. The molecule has 0 aliphatic rings. The lowest BCUT2D eigenvalue weighted by molar-refractivity contribution is 1.06. The van der Waals surface area contributed by atoms with Crippen LogP contribution in [-0.4, -0.2) is 24.1 Å². The van der Waals surface area contributed by atoms with Crippen molar-refractivity contribution in [3.8, 4) is 62.7 Å². The van der Waals surface area contributed by atoms with E-state index in [-0.39, 0.29) is 0 Å². The van der Waals surface area contributed by atoms with Gasteiger partial charge in [0.05, 0.1) is 39.0 Å². The Balaban J connectivity index is 1.25. The molecule has 6 heteroatoms. The molecule has 270 valence electrons. The molecule has 0 amide bonds. The summed E-state index contributed by atoms with van der Waals surface area (Å²) in [6.07, 6.45) is 0. The molecule has 3 heterocycles. The molecule has 0 aliphatic heterocycles. The number of fused-ring (bicyclic) bond motifs is 6. The number of para-hydroxylation sites is 4. The molecule has 8 aromatic carbocycles. The second kappa shape index (κ2) is 13.6. The maximum Gasteiger partial charge on any atom is 0.166 e. The van der Waals surface area contributed by atoms with Crippen LogP contribution in [0.15, 0.2) is 194 Å². The predicted molar refractivity (Wildman–Crippen MR) is 235 cm³/mol. The second-order valence-electron chi connectivity index (χ2n) is 14.4. The average Bonchev–Trinajstić information content (AvgIpc) is 3.82. The van der Waals surface area contributed by atoms with E-state index in [9.17, 15) is 5.26 Å². The van der Waals surface area contributed by atoms with Gasteiger partial charge < -0.3 is 9.13 Å². The maximum atomic E-state index is 11.1. The lowest BCUT2D eigenvalue weighted by Gasteiger charge is -2.19. The summed E-state index contributed by atoms with van der Waals surface area (Å²) >= 11 is 0. The van der Waals surface area contributed by atoms with E-state index >= 15 is 0 Å². The summed E-state index contributed by atoms with van der Waals surface area (Å²) in [5.74, 6) is 1.56. The molecule has 58 heavy (non-hydrogen) atoms. The van der Waals surface area contributed by atoms with E-state index in [1.165, 1.54) is 0 Å². The highest BCUT2D eigenvalue weighted by Crippen LogP contribution is 2.40. The summed E-state index contributed by atoms with van der Waals surface area (Å²) in [5, 5.41) is 15.6. The molecule has 0 radical (unpaired) electrons. The van der Waals surface area contributed by atoms with Crippen LogP contribution in [0, 0.1) is 11.3 Å². The molecule has 0 aliphatic carbocycles. The van der Waals surface area contributed by atoms with Crippen LogP contribution >= 0.6 is 0 Å². The van der Waals surface area contributed by atoms with E-state index in [1.807, 2.05) is 66.7 Å². The number of hydrogen-bond donors (Lipinski definition) is 0. The van der Waals surface area contributed by atoms with Crippen molar-refractivity contribution in [3.05, 3.63) is 200 Å². The van der Waals surface area contributed by atoms with Crippen LogP contribution < -0.4 is 0 Å². The Morgan fingerprint density at radius 2 is 0.759 bits per heavy atom. The smallest absolute Gasteiger partial charge is 0.166 e. The van der Waals surface area contributed by atoms with Crippen LogP contribution in [0.4, 0.5) is 0 Å². The highest BCUT2D eigenvalue weighted by molar-refractivity contribution is 6.11. The van der Waals surface area contributed by atoms with Gasteiger partial charge in [-0.25, -0.2) is 15.0 Å². The van der Waals surface area contributed by atoms with Gasteiger partial charge in [0.1, 0.15) is 6.07 Å². The highest BCUT2D eigenvalue weighted by atomic mass is 15.1. The van der Waals surface area contributed by atoms with Gasteiger partial charge in [-0.2, -0.15) is 5.26 Å². The minimum absolute atomic E-state index is 0.469. The van der Waals surface area contributed by atoms with Crippen molar-refractivity contribution in [2.45, 2.75) is 0 Å². The van der Waals surface area contributed by atoms with Gasteiger partial charge in [-0.15, -0.1) is 0 Å². The minimum Gasteiger partial charge on any atom is -0.308 e. The summed E-state index contributed by atoms with van der Waals surface area (Å²) in [4.78, 5) is 15.6. The monoisotopic (exact) mass is 740 g/mol. The normalized spacial score (nSPS) is 11.4. The third kappa shape index (κ3) is 5.37. The standard InChI is InChI=1S/C52H32N6/c53-33-38-31-43(52-55-50(35-18-5-2-6-19-35)54-51(56-52)37-21-15-20-36(30-37)34-16-3-1-4-17-34)49(58-46-28-13-9-24-41(46)42-25-10-14-29-47(42)58)32-48(38)57-44-26-11-7-22-39(44)40-23-8-12-27-45(40)57/h1-32H. The second-order valence-corrected chi connectivity index (χ2v) is 14.4. The largest absolute Gasteiger partial charge is 0.308 e. The fraction of sp³-hybridized carbons (Fsp3) is 0. The molecule has 0 spiro atoms. The molecule has 0 bridgehead atoms. The number of nitriles is 1. The van der Waals surface area contributed by atoms with Crippen molar-refractivity contribution in [1.29, 1.82) is 5.26 Å². The van der Waals surface area contributed by atoms with Gasteiger partial charge in [0, 0.05) is 38.2 Å². The average molecular weight is 741 g/mol. The van der Waals surface area contributed by atoms with Gasteiger partial charge >= 0.3 is 0 Å². The van der Waals surface area contributed by atoms with E-state index in [4.69, 9.17) is 15.0 Å². The number of rotatable bonds is 6. The predicted octanol–water partition coefficient (Wildman–Crippen LogP) is 12.6. The number of nitrogens with zero attached hydrogens (tertiary/aromatic N) is 6. The van der Waals surface area contributed by atoms with Crippen molar-refractivity contribution < 1.29 is 0 Å². The van der Waals surface area contributed by atoms with Crippen LogP contribution in [0.5, 0.6) is 0 Å².